The smallest absolute Gasteiger partial charge is 0.404 e. The molecule has 6 heteroatoms. The molecule has 5 nitrogen and oxygen atoms in total. The van der Waals surface area contributed by atoms with Gasteiger partial charge in [0.2, 0.25) is 0 Å². The molecule has 0 aliphatic heterocycles. The molecular formula is C15H18ClN3O2. The van der Waals surface area contributed by atoms with Gasteiger partial charge in [-0.25, -0.2) is 9.48 Å². The molecule has 0 saturated carbocycles. The molecule has 0 aliphatic carbocycles. The Bertz CT molecular complexity index is 642. The van der Waals surface area contributed by atoms with Gasteiger partial charge in [-0.2, -0.15) is 5.10 Å². The number of benzene rings is 1. The van der Waals surface area contributed by atoms with E-state index in [1.54, 1.807) is 16.8 Å². The number of hydrogen-bond acceptors (Lipinski definition) is 2. The highest BCUT2D eigenvalue weighted by molar-refractivity contribution is 6.30. The molecule has 0 atom stereocenters. The maximum atomic E-state index is 10.7. The Morgan fingerprint density at radius 1 is 1.33 bits per heavy atom. The van der Waals surface area contributed by atoms with Crippen LogP contribution < -0.4 is 5.32 Å². The Balaban J connectivity index is 2.43. The monoisotopic (exact) mass is 307 g/mol. The average molecular weight is 308 g/mol. The van der Waals surface area contributed by atoms with Crippen LogP contribution >= 0.6 is 11.6 Å². The molecule has 0 fully saturated rings. The number of carboxylic acid groups (broad SMARTS) is 1. The fourth-order valence-corrected chi connectivity index (χ4v) is 2.01. The lowest BCUT2D eigenvalue weighted by Gasteiger charge is -2.14. The lowest BCUT2D eigenvalue weighted by atomic mass is 9.92. The molecule has 1 aromatic carbocycles. The first-order valence-electron chi connectivity index (χ1n) is 6.59. The molecule has 112 valence electrons. The molecule has 1 aromatic heterocycles. The Hall–Kier alpha value is -2.01. The molecule has 0 unspecified atom stereocenters. The zero-order chi connectivity index (χ0) is 15.6. The third kappa shape index (κ3) is 3.76. The fourth-order valence-electron chi connectivity index (χ4n) is 1.88. The van der Waals surface area contributed by atoms with Gasteiger partial charge in [-0.3, -0.25) is 0 Å². The van der Waals surface area contributed by atoms with Crippen LogP contribution in [0, 0.1) is 0 Å². The van der Waals surface area contributed by atoms with E-state index in [0.29, 0.717) is 5.02 Å². The van der Waals surface area contributed by atoms with Crippen molar-refractivity contribution in [2.24, 2.45) is 0 Å². The summed E-state index contributed by atoms with van der Waals surface area (Å²) in [4.78, 5) is 10.7. The second kappa shape index (κ2) is 5.77. The minimum Gasteiger partial charge on any atom is -0.465 e. The molecule has 0 aliphatic rings. The van der Waals surface area contributed by atoms with Gasteiger partial charge in [0.25, 0.3) is 0 Å². The second-order valence-electron chi connectivity index (χ2n) is 5.82. The lowest BCUT2D eigenvalue weighted by Crippen LogP contribution is -2.21. The van der Waals surface area contributed by atoms with Crippen molar-refractivity contribution in [1.29, 1.82) is 0 Å². The quantitative estimate of drug-likeness (QED) is 0.910. The van der Waals surface area contributed by atoms with E-state index in [9.17, 15) is 4.79 Å². The van der Waals surface area contributed by atoms with Crippen LogP contribution in [0.25, 0.3) is 5.69 Å². The molecule has 2 N–H and O–H groups in total. The number of hydrogen-bond donors (Lipinski definition) is 2. The first-order chi connectivity index (χ1) is 9.77. The van der Waals surface area contributed by atoms with Gasteiger partial charge >= 0.3 is 6.09 Å². The van der Waals surface area contributed by atoms with Gasteiger partial charge in [0.15, 0.2) is 0 Å². The van der Waals surface area contributed by atoms with Crippen molar-refractivity contribution in [2.45, 2.75) is 32.7 Å². The van der Waals surface area contributed by atoms with Crippen LogP contribution in [-0.2, 0) is 12.0 Å². The maximum Gasteiger partial charge on any atom is 0.404 e. The van der Waals surface area contributed by atoms with E-state index in [0.717, 1.165) is 17.1 Å². The van der Waals surface area contributed by atoms with Crippen LogP contribution in [0.2, 0.25) is 5.02 Å². The minimum atomic E-state index is -1.06. The summed E-state index contributed by atoms with van der Waals surface area (Å²) in [6.07, 6.45) is -1.06. The number of halogens is 1. The summed E-state index contributed by atoms with van der Waals surface area (Å²) in [5.41, 5.74) is 2.41. The molecule has 1 amide bonds. The van der Waals surface area contributed by atoms with Crippen LogP contribution in [0.15, 0.2) is 30.3 Å². The molecule has 1 heterocycles. The van der Waals surface area contributed by atoms with Crippen LogP contribution in [0.3, 0.4) is 0 Å². The summed E-state index contributed by atoms with van der Waals surface area (Å²) in [5.74, 6) is 0. The van der Waals surface area contributed by atoms with E-state index in [1.807, 2.05) is 18.2 Å². The zero-order valence-electron chi connectivity index (χ0n) is 12.2. The summed E-state index contributed by atoms with van der Waals surface area (Å²) in [6.45, 7) is 6.39. The zero-order valence-corrected chi connectivity index (χ0v) is 13.0. The van der Waals surface area contributed by atoms with E-state index in [4.69, 9.17) is 16.7 Å². The van der Waals surface area contributed by atoms with Gasteiger partial charge in [-0.1, -0.05) is 32.4 Å². The number of rotatable bonds is 3. The Morgan fingerprint density at radius 2 is 1.95 bits per heavy atom. The first-order valence-corrected chi connectivity index (χ1v) is 6.97. The summed E-state index contributed by atoms with van der Waals surface area (Å²) < 4.78 is 1.74. The molecular weight excluding hydrogens is 290 g/mol. The van der Waals surface area contributed by atoms with Crippen molar-refractivity contribution >= 4 is 17.7 Å². The summed E-state index contributed by atoms with van der Waals surface area (Å²) in [5, 5.41) is 16.4. The molecule has 21 heavy (non-hydrogen) atoms. The molecule has 0 bridgehead atoms. The molecule has 0 spiro atoms. The average Bonchev–Trinajstić information content (AvgIpc) is 2.81. The minimum absolute atomic E-state index is 0.115. The van der Waals surface area contributed by atoms with Crippen molar-refractivity contribution in [1.82, 2.24) is 15.1 Å². The van der Waals surface area contributed by atoms with Gasteiger partial charge in [-0.15, -0.1) is 0 Å². The number of nitrogens with one attached hydrogen (secondary N) is 1. The molecule has 0 radical (unpaired) electrons. The third-order valence-electron chi connectivity index (χ3n) is 3.04. The summed E-state index contributed by atoms with van der Waals surface area (Å²) >= 11 is 5.90. The van der Waals surface area contributed by atoms with Gasteiger partial charge in [0.1, 0.15) is 0 Å². The highest BCUT2D eigenvalue weighted by atomic mass is 35.5. The lowest BCUT2D eigenvalue weighted by molar-refractivity contribution is 0.193. The highest BCUT2D eigenvalue weighted by Gasteiger charge is 2.20. The number of aromatic nitrogens is 2. The predicted octanol–water partition coefficient (Wildman–Crippen LogP) is 3.59. The van der Waals surface area contributed by atoms with Crippen LogP contribution in [0.5, 0.6) is 0 Å². The van der Waals surface area contributed by atoms with E-state index in [2.05, 4.69) is 31.2 Å². The summed E-state index contributed by atoms with van der Waals surface area (Å²) in [6, 6.07) is 9.19. The third-order valence-corrected chi connectivity index (χ3v) is 3.30. The second-order valence-corrected chi connectivity index (χ2v) is 6.25. The highest BCUT2D eigenvalue weighted by Crippen LogP contribution is 2.24. The standard InChI is InChI=1S/C15H18ClN3O2/c1-15(2,3)13-8-12(9-17-14(20)21)19(18-13)11-6-4-10(16)5-7-11/h4-8,17H,9H2,1-3H3,(H,20,21). The van der Waals surface area contributed by atoms with Crippen molar-refractivity contribution in [3.05, 3.63) is 46.7 Å². The fraction of sp³-hybridized carbons (Fsp3) is 0.333. The van der Waals surface area contributed by atoms with Gasteiger partial charge in [0, 0.05) is 10.4 Å². The van der Waals surface area contributed by atoms with Crippen LogP contribution in [-0.4, -0.2) is 21.0 Å². The SMILES string of the molecule is CC(C)(C)c1cc(CNC(=O)O)n(-c2ccc(Cl)cc2)n1. The Kier molecular flexibility index (Phi) is 4.23. The number of carbonyl (C=O) groups is 1. The summed E-state index contributed by atoms with van der Waals surface area (Å²) in [7, 11) is 0. The Labute approximate surface area is 128 Å². The van der Waals surface area contributed by atoms with Gasteiger partial charge < -0.3 is 10.4 Å². The van der Waals surface area contributed by atoms with Crippen molar-refractivity contribution in [2.75, 3.05) is 0 Å². The van der Waals surface area contributed by atoms with Gasteiger partial charge in [0.05, 0.1) is 23.6 Å². The van der Waals surface area contributed by atoms with Crippen molar-refractivity contribution < 1.29 is 9.90 Å². The molecule has 2 rings (SSSR count). The topological polar surface area (TPSA) is 67.2 Å². The van der Waals surface area contributed by atoms with Gasteiger partial charge in [-0.05, 0) is 30.3 Å². The number of nitrogens with zero attached hydrogens (tertiary/aromatic N) is 2. The maximum absolute atomic E-state index is 10.7. The number of amides is 1. The predicted molar refractivity (Wildman–Crippen MR) is 82.1 cm³/mol. The van der Waals surface area contributed by atoms with E-state index in [1.165, 1.54) is 0 Å². The van der Waals surface area contributed by atoms with Crippen molar-refractivity contribution in [3.8, 4) is 5.69 Å². The van der Waals surface area contributed by atoms with Crippen LogP contribution in [0.4, 0.5) is 4.79 Å². The molecule has 2 aromatic rings. The largest absolute Gasteiger partial charge is 0.465 e. The van der Waals surface area contributed by atoms with Crippen molar-refractivity contribution in [3.63, 3.8) is 0 Å². The molecule has 0 saturated heterocycles. The normalized spacial score (nSPS) is 11.4. The Morgan fingerprint density at radius 3 is 2.48 bits per heavy atom. The van der Waals surface area contributed by atoms with E-state index < -0.39 is 6.09 Å². The van der Waals surface area contributed by atoms with E-state index in [-0.39, 0.29) is 12.0 Å². The first kappa shape index (κ1) is 15.4. The van der Waals surface area contributed by atoms with E-state index >= 15 is 0 Å². The van der Waals surface area contributed by atoms with Crippen LogP contribution in [0.1, 0.15) is 32.2 Å².